The van der Waals surface area contributed by atoms with Crippen molar-refractivity contribution in [1.82, 2.24) is 14.5 Å². The number of benzene rings is 1. The van der Waals surface area contributed by atoms with E-state index in [1.54, 1.807) is 19.0 Å². The lowest BCUT2D eigenvalue weighted by atomic mass is 10.2. The molecule has 0 saturated heterocycles. The molecule has 3 aromatic rings. The number of hydrogen-bond donors (Lipinski definition) is 0. The van der Waals surface area contributed by atoms with Gasteiger partial charge in [0.05, 0.1) is 11.3 Å². The monoisotopic (exact) mass is 359 g/mol. The van der Waals surface area contributed by atoms with Gasteiger partial charge < -0.3 is 4.90 Å². The number of nitrogens with zero attached hydrogens (tertiary/aromatic N) is 3. The molecule has 0 unspecified atom stereocenters. The molecule has 2 aromatic heterocycles. The molecular formula is C17H17N3O2S2. The summed E-state index contributed by atoms with van der Waals surface area (Å²) in [6.07, 6.45) is 0. The van der Waals surface area contributed by atoms with Gasteiger partial charge in [0.1, 0.15) is 4.70 Å². The molecule has 3 rings (SSSR count). The van der Waals surface area contributed by atoms with E-state index in [4.69, 9.17) is 0 Å². The Kier molecular flexibility index (Phi) is 5.01. The van der Waals surface area contributed by atoms with Gasteiger partial charge in [0.15, 0.2) is 5.16 Å². The van der Waals surface area contributed by atoms with Crippen molar-refractivity contribution in [2.24, 2.45) is 7.05 Å². The fraction of sp³-hybridized carbons (Fsp3) is 0.235. The fourth-order valence-corrected chi connectivity index (χ4v) is 4.00. The van der Waals surface area contributed by atoms with Crippen molar-refractivity contribution in [3.05, 3.63) is 57.7 Å². The second kappa shape index (κ2) is 7.19. The van der Waals surface area contributed by atoms with Crippen molar-refractivity contribution in [3.8, 4) is 0 Å². The predicted octanol–water partition coefficient (Wildman–Crippen LogP) is 2.75. The van der Waals surface area contributed by atoms with Gasteiger partial charge in [0, 0.05) is 20.6 Å². The first-order valence-electron chi connectivity index (χ1n) is 7.41. The summed E-state index contributed by atoms with van der Waals surface area (Å²) in [5, 5.41) is 2.42. The molecule has 5 nitrogen and oxygen atoms in total. The fourth-order valence-electron chi connectivity index (χ4n) is 2.28. The minimum atomic E-state index is -0.0670. The van der Waals surface area contributed by atoms with Crippen molar-refractivity contribution in [2.45, 2.75) is 11.7 Å². The van der Waals surface area contributed by atoms with Gasteiger partial charge >= 0.3 is 0 Å². The van der Waals surface area contributed by atoms with Gasteiger partial charge in [-0.05, 0) is 17.0 Å². The van der Waals surface area contributed by atoms with Crippen LogP contribution in [0.3, 0.4) is 0 Å². The van der Waals surface area contributed by atoms with E-state index in [1.807, 2.05) is 41.8 Å². The Labute approximate surface area is 147 Å². The summed E-state index contributed by atoms with van der Waals surface area (Å²) in [7, 11) is 3.47. The minimum absolute atomic E-state index is 0.00326. The highest BCUT2D eigenvalue weighted by Gasteiger charge is 2.14. The molecule has 0 aliphatic heterocycles. The van der Waals surface area contributed by atoms with Crippen molar-refractivity contribution < 1.29 is 4.79 Å². The molecule has 1 aromatic carbocycles. The highest BCUT2D eigenvalue weighted by Crippen LogP contribution is 2.20. The summed E-state index contributed by atoms with van der Waals surface area (Å²) in [4.78, 5) is 30.7. The molecule has 0 aliphatic carbocycles. The number of thioether (sulfide) groups is 1. The van der Waals surface area contributed by atoms with E-state index >= 15 is 0 Å². The van der Waals surface area contributed by atoms with Gasteiger partial charge in [-0.2, -0.15) is 0 Å². The zero-order valence-electron chi connectivity index (χ0n) is 13.4. The molecule has 124 valence electrons. The van der Waals surface area contributed by atoms with Crippen LogP contribution in [0.2, 0.25) is 0 Å². The third-order valence-corrected chi connectivity index (χ3v) is 5.57. The van der Waals surface area contributed by atoms with E-state index < -0.39 is 0 Å². The van der Waals surface area contributed by atoms with Crippen LogP contribution < -0.4 is 5.56 Å². The summed E-state index contributed by atoms with van der Waals surface area (Å²) in [6, 6.07) is 11.7. The average Bonchev–Trinajstić information content (AvgIpc) is 3.06. The SMILES string of the molecule is CN(Cc1ccccc1)C(=O)CSc1nc2ccsc2c(=O)n1C. The van der Waals surface area contributed by atoms with E-state index in [0.29, 0.717) is 21.9 Å². The maximum absolute atomic E-state index is 12.3. The third-order valence-electron chi connectivity index (χ3n) is 3.66. The normalized spacial score (nSPS) is 10.9. The summed E-state index contributed by atoms with van der Waals surface area (Å²) in [5.41, 5.74) is 1.71. The van der Waals surface area contributed by atoms with E-state index in [9.17, 15) is 9.59 Å². The van der Waals surface area contributed by atoms with Crippen LogP contribution in [0.1, 0.15) is 5.56 Å². The maximum Gasteiger partial charge on any atom is 0.271 e. The molecule has 0 radical (unpaired) electrons. The summed E-state index contributed by atoms with van der Waals surface area (Å²) < 4.78 is 2.16. The third kappa shape index (κ3) is 3.52. The smallest absolute Gasteiger partial charge is 0.271 e. The first-order chi connectivity index (χ1) is 11.6. The number of carbonyl (C=O) groups is 1. The molecule has 24 heavy (non-hydrogen) atoms. The van der Waals surface area contributed by atoms with Crippen molar-refractivity contribution >= 4 is 39.2 Å². The lowest BCUT2D eigenvalue weighted by molar-refractivity contribution is -0.127. The molecule has 0 aliphatic rings. The number of carbonyl (C=O) groups excluding carboxylic acids is 1. The molecule has 0 bridgehead atoms. The van der Waals surface area contributed by atoms with E-state index in [0.717, 1.165) is 5.56 Å². The number of thiophene rings is 1. The summed E-state index contributed by atoms with van der Waals surface area (Å²) in [5.74, 6) is 0.253. The second-order valence-electron chi connectivity index (χ2n) is 5.42. The predicted molar refractivity (Wildman–Crippen MR) is 98.5 cm³/mol. The van der Waals surface area contributed by atoms with Crippen LogP contribution in [0.15, 0.2) is 51.7 Å². The van der Waals surface area contributed by atoms with Crippen LogP contribution >= 0.6 is 23.1 Å². The van der Waals surface area contributed by atoms with Crippen molar-refractivity contribution in [1.29, 1.82) is 0 Å². The first kappa shape index (κ1) is 16.7. The standard InChI is InChI=1S/C17H17N3O2S2/c1-19(10-12-6-4-3-5-7-12)14(21)11-24-17-18-13-8-9-23-15(13)16(22)20(17)2/h3-9H,10-11H2,1-2H3. The topological polar surface area (TPSA) is 55.2 Å². The Balaban J connectivity index is 1.68. The van der Waals surface area contributed by atoms with Crippen LogP contribution in [-0.4, -0.2) is 33.2 Å². The lowest BCUT2D eigenvalue weighted by Crippen LogP contribution is -2.28. The van der Waals surface area contributed by atoms with E-state index in [-0.39, 0.29) is 17.2 Å². The minimum Gasteiger partial charge on any atom is -0.341 e. The largest absolute Gasteiger partial charge is 0.341 e. The Morgan fingerprint density at radius 1 is 1.29 bits per heavy atom. The molecule has 7 heteroatoms. The first-order valence-corrected chi connectivity index (χ1v) is 9.27. The number of hydrogen-bond acceptors (Lipinski definition) is 5. The molecule has 0 N–H and O–H groups in total. The van der Waals surface area contributed by atoms with Crippen LogP contribution in [0.5, 0.6) is 0 Å². The Hall–Kier alpha value is -2.12. The second-order valence-corrected chi connectivity index (χ2v) is 7.28. The Morgan fingerprint density at radius 2 is 2.04 bits per heavy atom. The van der Waals surface area contributed by atoms with E-state index in [2.05, 4.69) is 4.98 Å². The number of amides is 1. The Bertz CT molecular complexity index is 918. The molecule has 0 fully saturated rings. The molecule has 1 amide bonds. The zero-order valence-corrected chi connectivity index (χ0v) is 15.1. The quantitative estimate of drug-likeness (QED) is 0.519. The zero-order chi connectivity index (χ0) is 17.1. The molecule has 0 saturated carbocycles. The van der Waals surface area contributed by atoms with Crippen LogP contribution in [0, 0.1) is 0 Å². The van der Waals surface area contributed by atoms with Gasteiger partial charge in [0.25, 0.3) is 5.56 Å². The number of rotatable bonds is 5. The van der Waals surface area contributed by atoms with Gasteiger partial charge in [-0.25, -0.2) is 4.98 Å². The van der Waals surface area contributed by atoms with Gasteiger partial charge in [-0.1, -0.05) is 42.1 Å². The maximum atomic E-state index is 12.3. The summed E-state index contributed by atoms with van der Waals surface area (Å²) >= 11 is 2.68. The van der Waals surface area contributed by atoms with Gasteiger partial charge in [-0.3, -0.25) is 14.2 Å². The van der Waals surface area contributed by atoms with Crippen LogP contribution in [0.25, 0.3) is 10.2 Å². The van der Waals surface area contributed by atoms with Crippen molar-refractivity contribution in [3.63, 3.8) is 0 Å². The van der Waals surface area contributed by atoms with Gasteiger partial charge in [-0.15, -0.1) is 11.3 Å². The average molecular weight is 359 g/mol. The molecular weight excluding hydrogens is 342 g/mol. The number of fused-ring (bicyclic) bond motifs is 1. The Morgan fingerprint density at radius 3 is 2.79 bits per heavy atom. The van der Waals surface area contributed by atoms with Crippen LogP contribution in [-0.2, 0) is 18.4 Å². The highest BCUT2D eigenvalue weighted by molar-refractivity contribution is 7.99. The molecule has 0 spiro atoms. The molecule has 2 heterocycles. The number of aromatic nitrogens is 2. The highest BCUT2D eigenvalue weighted by atomic mass is 32.2. The van der Waals surface area contributed by atoms with Crippen molar-refractivity contribution in [2.75, 3.05) is 12.8 Å². The van der Waals surface area contributed by atoms with Crippen LogP contribution in [0.4, 0.5) is 0 Å². The molecule has 0 atom stereocenters. The van der Waals surface area contributed by atoms with Gasteiger partial charge in [0.2, 0.25) is 5.91 Å². The van der Waals surface area contributed by atoms with E-state index in [1.165, 1.54) is 27.7 Å². The summed E-state index contributed by atoms with van der Waals surface area (Å²) in [6.45, 7) is 0.566. The lowest BCUT2D eigenvalue weighted by Gasteiger charge is -2.17.